The third-order valence-electron chi connectivity index (χ3n) is 3.16. The lowest BCUT2D eigenvalue weighted by atomic mass is 10.1. The largest absolute Gasteiger partial charge is 0.350 e. The lowest BCUT2D eigenvalue weighted by Gasteiger charge is -2.34. The van der Waals surface area contributed by atoms with Crippen molar-refractivity contribution in [2.24, 2.45) is 0 Å². The van der Waals surface area contributed by atoms with Gasteiger partial charge >= 0.3 is 0 Å². The first-order valence-electron chi connectivity index (χ1n) is 7.18. The quantitative estimate of drug-likeness (QED) is 0.780. The molecule has 2 N–H and O–H groups in total. The van der Waals surface area contributed by atoms with Gasteiger partial charge in [0.1, 0.15) is 0 Å². The Hall–Kier alpha value is -0.610. The number of amides is 1. The van der Waals surface area contributed by atoms with Crippen molar-refractivity contribution in [2.45, 2.75) is 58.5 Å². The van der Waals surface area contributed by atoms with Crippen molar-refractivity contribution in [3.8, 4) is 0 Å². The maximum absolute atomic E-state index is 12.0. The van der Waals surface area contributed by atoms with E-state index in [1.54, 1.807) is 0 Å². The molecule has 106 valence electrons. The molecule has 0 aromatic carbocycles. The van der Waals surface area contributed by atoms with Crippen LogP contribution >= 0.6 is 0 Å². The fourth-order valence-corrected chi connectivity index (χ4v) is 2.47. The molecule has 0 saturated carbocycles. The van der Waals surface area contributed by atoms with Gasteiger partial charge in [0.05, 0.1) is 6.54 Å². The highest BCUT2D eigenvalue weighted by atomic mass is 16.2. The monoisotopic (exact) mass is 255 g/mol. The smallest absolute Gasteiger partial charge is 0.234 e. The molecule has 1 saturated heterocycles. The van der Waals surface area contributed by atoms with E-state index >= 15 is 0 Å². The average Bonchev–Trinajstić information content (AvgIpc) is 2.27. The minimum Gasteiger partial charge on any atom is -0.350 e. The highest BCUT2D eigenvalue weighted by molar-refractivity contribution is 5.78. The second kappa shape index (κ2) is 7.10. The lowest BCUT2D eigenvalue weighted by molar-refractivity contribution is -0.124. The van der Waals surface area contributed by atoms with Gasteiger partial charge in [0.25, 0.3) is 0 Å². The van der Waals surface area contributed by atoms with Gasteiger partial charge in [-0.05, 0) is 53.1 Å². The first kappa shape index (κ1) is 15.4. The molecule has 1 atom stereocenters. The Morgan fingerprint density at radius 2 is 2.17 bits per heavy atom. The summed E-state index contributed by atoms with van der Waals surface area (Å²) in [5.74, 6) is 0.140. The van der Waals surface area contributed by atoms with Crippen LogP contribution in [0.5, 0.6) is 0 Å². The molecule has 0 spiro atoms. The zero-order valence-electron chi connectivity index (χ0n) is 12.4. The summed E-state index contributed by atoms with van der Waals surface area (Å²) in [6.07, 6.45) is 3.51. The van der Waals surface area contributed by atoms with E-state index in [1.165, 1.54) is 12.8 Å². The Labute approximate surface area is 111 Å². The molecular weight excluding hydrogens is 226 g/mol. The number of carbonyl (C=O) groups excluding carboxylic acids is 1. The molecule has 0 radical (unpaired) electrons. The van der Waals surface area contributed by atoms with Crippen LogP contribution in [-0.4, -0.2) is 48.6 Å². The van der Waals surface area contributed by atoms with E-state index in [0.29, 0.717) is 12.6 Å². The van der Waals surface area contributed by atoms with E-state index in [-0.39, 0.29) is 11.4 Å². The summed E-state index contributed by atoms with van der Waals surface area (Å²) >= 11 is 0. The summed E-state index contributed by atoms with van der Waals surface area (Å²) in [6, 6.07) is 0.518. The number of hydrogen-bond acceptors (Lipinski definition) is 3. The Bertz CT molecular complexity index is 254. The summed E-state index contributed by atoms with van der Waals surface area (Å²) in [4.78, 5) is 14.3. The van der Waals surface area contributed by atoms with Gasteiger partial charge in [0.2, 0.25) is 5.91 Å². The molecular formula is C14H29N3O. The highest BCUT2D eigenvalue weighted by Gasteiger charge is 2.23. The molecule has 0 bridgehead atoms. The molecule has 4 heteroatoms. The van der Waals surface area contributed by atoms with Gasteiger partial charge in [-0.3, -0.25) is 9.69 Å². The maximum atomic E-state index is 12.0. The number of nitrogens with zero attached hydrogens (tertiary/aromatic N) is 1. The third-order valence-corrected chi connectivity index (χ3v) is 3.16. The van der Waals surface area contributed by atoms with Crippen molar-refractivity contribution in [1.82, 2.24) is 15.5 Å². The first-order valence-corrected chi connectivity index (χ1v) is 7.18. The zero-order valence-corrected chi connectivity index (χ0v) is 12.4. The summed E-state index contributed by atoms with van der Waals surface area (Å²) in [5, 5.41) is 6.47. The molecule has 18 heavy (non-hydrogen) atoms. The summed E-state index contributed by atoms with van der Waals surface area (Å²) in [6.45, 7) is 11.9. The minimum absolute atomic E-state index is 0.139. The molecule has 1 aliphatic heterocycles. The number of carbonyl (C=O) groups is 1. The van der Waals surface area contributed by atoms with E-state index in [4.69, 9.17) is 0 Å². The SMILES string of the molecule is CCCN(CC(=O)NC(C)(C)C)C1CCCNC1. The molecule has 0 aromatic heterocycles. The van der Waals surface area contributed by atoms with Crippen molar-refractivity contribution >= 4 is 5.91 Å². The number of rotatable bonds is 5. The molecule has 1 rings (SSSR count). The Morgan fingerprint density at radius 3 is 2.67 bits per heavy atom. The van der Waals surface area contributed by atoms with E-state index in [1.807, 2.05) is 20.8 Å². The maximum Gasteiger partial charge on any atom is 0.234 e. The van der Waals surface area contributed by atoms with E-state index in [2.05, 4.69) is 22.5 Å². The van der Waals surface area contributed by atoms with Crippen LogP contribution in [0.3, 0.4) is 0 Å². The second-order valence-corrected chi connectivity index (χ2v) is 6.27. The van der Waals surface area contributed by atoms with Gasteiger partial charge in [-0.2, -0.15) is 0 Å². The number of piperidine rings is 1. The van der Waals surface area contributed by atoms with Crippen LogP contribution < -0.4 is 10.6 Å². The Balaban J connectivity index is 2.48. The fourth-order valence-electron chi connectivity index (χ4n) is 2.47. The molecule has 1 fully saturated rings. The summed E-state index contributed by atoms with van der Waals surface area (Å²) in [5.41, 5.74) is -0.139. The van der Waals surface area contributed by atoms with Gasteiger partial charge < -0.3 is 10.6 Å². The van der Waals surface area contributed by atoms with Crippen LogP contribution in [-0.2, 0) is 4.79 Å². The van der Waals surface area contributed by atoms with Crippen molar-refractivity contribution in [1.29, 1.82) is 0 Å². The van der Waals surface area contributed by atoms with Crippen LogP contribution in [0.4, 0.5) is 0 Å². The number of hydrogen-bond donors (Lipinski definition) is 2. The predicted molar refractivity (Wildman–Crippen MR) is 75.7 cm³/mol. The van der Waals surface area contributed by atoms with Gasteiger partial charge in [0, 0.05) is 18.1 Å². The molecule has 1 unspecified atom stereocenters. The van der Waals surface area contributed by atoms with Crippen LogP contribution in [0.15, 0.2) is 0 Å². The molecule has 0 aliphatic carbocycles. The summed E-state index contributed by atoms with van der Waals surface area (Å²) < 4.78 is 0. The summed E-state index contributed by atoms with van der Waals surface area (Å²) in [7, 11) is 0. The van der Waals surface area contributed by atoms with Gasteiger partial charge in [-0.1, -0.05) is 6.92 Å². The van der Waals surface area contributed by atoms with Crippen LogP contribution in [0.1, 0.15) is 47.0 Å². The van der Waals surface area contributed by atoms with Crippen LogP contribution in [0, 0.1) is 0 Å². The topological polar surface area (TPSA) is 44.4 Å². The van der Waals surface area contributed by atoms with Gasteiger partial charge in [-0.15, -0.1) is 0 Å². The minimum atomic E-state index is -0.139. The first-order chi connectivity index (χ1) is 8.42. The van der Waals surface area contributed by atoms with Crippen LogP contribution in [0.25, 0.3) is 0 Å². The van der Waals surface area contributed by atoms with E-state index in [0.717, 1.165) is 26.1 Å². The van der Waals surface area contributed by atoms with Gasteiger partial charge in [-0.25, -0.2) is 0 Å². The van der Waals surface area contributed by atoms with E-state index < -0.39 is 0 Å². The zero-order chi connectivity index (χ0) is 13.6. The lowest BCUT2D eigenvalue weighted by Crippen LogP contribution is -2.52. The molecule has 1 aliphatic rings. The molecule has 1 amide bonds. The average molecular weight is 255 g/mol. The third kappa shape index (κ3) is 5.83. The van der Waals surface area contributed by atoms with E-state index in [9.17, 15) is 4.79 Å². The van der Waals surface area contributed by atoms with Gasteiger partial charge in [0.15, 0.2) is 0 Å². The normalized spacial score (nSPS) is 21.1. The van der Waals surface area contributed by atoms with Crippen molar-refractivity contribution in [2.75, 3.05) is 26.2 Å². The molecule has 1 heterocycles. The molecule has 0 aromatic rings. The van der Waals surface area contributed by atoms with Crippen molar-refractivity contribution in [3.63, 3.8) is 0 Å². The standard InChI is InChI=1S/C14H29N3O/c1-5-9-17(12-7-6-8-15-10-12)11-13(18)16-14(2,3)4/h12,15H,5-11H2,1-4H3,(H,16,18). The molecule has 4 nitrogen and oxygen atoms in total. The Morgan fingerprint density at radius 1 is 1.44 bits per heavy atom. The van der Waals surface area contributed by atoms with Crippen molar-refractivity contribution in [3.05, 3.63) is 0 Å². The Kier molecular flexibility index (Phi) is 6.09. The highest BCUT2D eigenvalue weighted by Crippen LogP contribution is 2.11. The van der Waals surface area contributed by atoms with Crippen molar-refractivity contribution < 1.29 is 4.79 Å². The van der Waals surface area contributed by atoms with Crippen LogP contribution in [0.2, 0.25) is 0 Å². The number of nitrogens with one attached hydrogen (secondary N) is 2. The fraction of sp³-hybridized carbons (Fsp3) is 0.929. The predicted octanol–water partition coefficient (Wildman–Crippen LogP) is 1.37. The second-order valence-electron chi connectivity index (χ2n) is 6.27.